The minimum atomic E-state index is 0.439. The monoisotopic (exact) mass is 269 g/mol. The van der Waals surface area contributed by atoms with Gasteiger partial charge in [0.1, 0.15) is 11.6 Å². The Morgan fingerprint density at radius 3 is 3.05 bits per heavy atom. The van der Waals surface area contributed by atoms with Crippen LogP contribution in [-0.2, 0) is 13.0 Å². The molecule has 0 saturated heterocycles. The molecule has 3 rings (SSSR count). The van der Waals surface area contributed by atoms with Gasteiger partial charge in [-0.25, -0.2) is 9.97 Å². The summed E-state index contributed by atoms with van der Waals surface area (Å²) >= 11 is 1.63. The molecular weight excluding hydrogens is 258 g/mol. The second kappa shape index (κ2) is 4.71. The molecule has 0 fully saturated rings. The molecule has 3 aromatic rings. The third kappa shape index (κ3) is 2.04. The molecule has 0 bridgehead atoms. The summed E-state index contributed by atoms with van der Waals surface area (Å²) in [5.41, 5.74) is 8.06. The quantitative estimate of drug-likeness (QED) is 0.790. The van der Waals surface area contributed by atoms with Crippen molar-refractivity contribution in [1.29, 1.82) is 5.26 Å². The highest BCUT2D eigenvalue weighted by atomic mass is 32.1. The summed E-state index contributed by atoms with van der Waals surface area (Å²) in [7, 11) is 0. The Kier molecular flexibility index (Phi) is 2.89. The number of nitrogen functional groups attached to an aromatic ring is 1. The lowest BCUT2D eigenvalue weighted by Crippen LogP contribution is -2.05. The van der Waals surface area contributed by atoms with Crippen molar-refractivity contribution in [1.82, 2.24) is 14.5 Å². The normalized spacial score (nSPS) is 10.7. The number of thiazole rings is 1. The molecule has 0 aliphatic rings. The van der Waals surface area contributed by atoms with E-state index in [2.05, 4.69) is 16.0 Å². The van der Waals surface area contributed by atoms with Gasteiger partial charge in [0.15, 0.2) is 0 Å². The summed E-state index contributed by atoms with van der Waals surface area (Å²) < 4.78 is 1.93. The number of rotatable bonds is 3. The van der Waals surface area contributed by atoms with Crippen LogP contribution in [0.4, 0.5) is 5.95 Å². The van der Waals surface area contributed by atoms with Gasteiger partial charge < -0.3 is 10.3 Å². The third-order valence-electron chi connectivity index (χ3n) is 2.96. The Labute approximate surface area is 113 Å². The maximum atomic E-state index is 9.07. The van der Waals surface area contributed by atoms with Crippen molar-refractivity contribution >= 4 is 28.3 Å². The fourth-order valence-corrected chi connectivity index (χ4v) is 2.68. The van der Waals surface area contributed by atoms with E-state index in [9.17, 15) is 0 Å². The first-order valence-electron chi connectivity index (χ1n) is 5.83. The van der Waals surface area contributed by atoms with Crippen LogP contribution >= 0.6 is 11.3 Å². The average Bonchev–Trinajstić information content (AvgIpc) is 3.03. The summed E-state index contributed by atoms with van der Waals surface area (Å²) in [6.45, 7) is 0.713. The van der Waals surface area contributed by atoms with Crippen LogP contribution < -0.4 is 5.73 Å². The number of para-hydroxylation sites is 1. The highest BCUT2D eigenvalue weighted by Crippen LogP contribution is 2.21. The van der Waals surface area contributed by atoms with Crippen molar-refractivity contribution in [2.75, 3.05) is 5.73 Å². The van der Waals surface area contributed by atoms with Crippen LogP contribution in [0.15, 0.2) is 29.8 Å². The van der Waals surface area contributed by atoms with Crippen molar-refractivity contribution in [2.24, 2.45) is 0 Å². The first kappa shape index (κ1) is 11.7. The number of fused-ring (bicyclic) bond motifs is 1. The van der Waals surface area contributed by atoms with Crippen molar-refractivity contribution < 1.29 is 0 Å². The van der Waals surface area contributed by atoms with Crippen LogP contribution in [0.25, 0.3) is 11.0 Å². The molecule has 2 N–H and O–H groups in total. The number of hydrogen-bond acceptors (Lipinski definition) is 5. The highest BCUT2D eigenvalue weighted by molar-refractivity contribution is 7.09. The van der Waals surface area contributed by atoms with E-state index < -0.39 is 0 Å². The van der Waals surface area contributed by atoms with E-state index in [0.29, 0.717) is 23.6 Å². The minimum Gasteiger partial charge on any atom is -0.369 e. The lowest BCUT2D eigenvalue weighted by Gasteiger charge is -2.04. The average molecular weight is 269 g/mol. The summed E-state index contributed by atoms with van der Waals surface area (Å²) in [6.07, 6.45) is 2.60. The first-order chi connectivity index (χ1) is 9.29. The number of nitrogens with two attached hydrogens (primary N) is 1. The van der Waals surface area contributed by atoms with Gasteiger partial charge in [-0.3, -0.25) is 0 Å². The molecule has 0 aliphatic heterocycles. The van der Waals surface area contributed by atoms with E-state index in [1.807, 2.05) is 22.1 Å². The SMILES string of the molecule is N#Cc1cccc2c1nc(N)n2CCc1nccs1. The Balaban J connectivity index is 1.99. The number of benzene rings is 1. The van der Waals surface area contributed by atoms with Gasteiger partial charge in [-0.05, 0) is 12.1 Å². The number of nitriles is 1. The third-order valence-corrected chi connectivity index (χ3v) is 3.80. The molecule has 0 radical (unpaired) electrons. The zero-order chi connectivity index (χ0) is 13.2. The Bertz CT molecular complexity index is 751. The van der Waals surface area contributed by atoms with Gasteiger partial charge in [-0.2, -0.15) is 5.26 Å². The highest BCUT2D eigenvalue weighted by Gasteiger charge is 2.11. The zero-order valence-corrected chi connectivity index (χ0v) is 10.9. The maximum absolute atomic E-state index is 9.07. The lowest BCUT2D eigenvalue weighted by molar-refractivity contribution is 0.723. The molecular formula is C13H11N5S. The molecule has 2 aromatic heterocycles. The molecule has 0 aliphatic carbocycles. The van der Waals surface area contributed by atoms with E-state index in [4.69, 9.17) is 11.0 Å². The van der Waals surface area contributed by atoms with Crippen LogP contribution in [0.5, 0.6) is 0 Å². The largest absolute Gasteiger partial charge is 0.369 e. The second-order valence-electron chi connectivity index (χ2n) is 4.08. The molecule has 1 aromatic carbocycles. The number of anilines is 1. The van der Waals surface area contributed by atoms with Crippen molar-refractivity contribution in [3.63, 3.8) is 0 Å². The number of imidazole rings is 1. The Morgan fingerprint density at radius 2 is 2.32 bits per heavy atom. The molecule has 19 heavy (non-hydrogen) atoms. The Hall–Kier alpha value is -2.39. The lowest BCUT2D eigenvalue weighted by atomic mass is 10.2. The van der Waals surface area contributed by atoms with Gasteiger partial charge in [-0.15, -0.1) is 11.3 Å². The van der Waals surface area contributed by atoms with E-state index in [1.165, 1.54) is 0 Å². The first-order valence-corrected chi connectivity index (χ1v) is 6.71. The summed E-state index contributed by atoms with van der Waals surface area (Å²) in [5.74, 6) is 0.439. The van der Waals surface area contributed by atoms with Crippen LogP contribution in [-0.4, -0.2) is 14.5 Å². The van der Waals surface area contributed by atoms with E-state index >= 15 is 0 Å². The van der Waals surface area contributed by atoms with Crippen LogP contribution in [0.3, 0.4) is 0 Å². The van der Waals surface area contributed by atoms with Crippen LogP contribution in [0.1, 0.15) is 10.6 Å². The standard InChI is InChI=1S/C13H11N5S/c14-8-9-2-1-3-10-12(9)17-13(15)18(10)6-4-11-16-5-7-19-11/h1-3,5,7H,4,6H2,(H2,15,17). The zero-order valence-electron chi connectivity index (χ0n) is 10.1. The molecule has 0 amide bonds. The summed E-state index contributed by atoms with van der Waals surface area (Å²) in [4.78, 5) is 8.54. The minimum absolute atomic E-state index is 0.439. The van der Waals surface area contributed by atoms with E-state index in [1.54, 1.807) is 23.6 Å². The molecule has 0 saturated carbocycles. The van der Waals surface area contributed by atoms with Gasteiger partial charge in [0.05, 0.1) is 16.1 Å². The molecule has 6 heteroatoms. The van der Waals surface area contributed by atoms with Gasteiger partial charge in [0.2, 0.25) is 5.95 Å². The molecule has 94 valence electrons. The van der Waals surface area contributed by atoms with E-state index in [-0.39, 0.29) is 0 Å². The number of hydrogen-bond donors (Lipinski definition) is 1. The van der Waals surface area contributed by atoms with Gasteiger partial charge in [-0.1, -0.05) is 6.07 Å². The molecule has 2 heterocycles. The topological polar surface area (TPSA) is 80.5 Å². The Morgan fingerprint density at radius 1 is 1.42 bits per heavy atom. The van der Waals surface area contributed by atoms with Crippen molar-refractivity contribution in [3.8, 4) is 6.07 Å². The fourth-order valence-electron chi connectivity index (χ4n) is 2.07. The van der Waals surface area contributed by atoms with Gasteiger partial charge in [0, 0.05) is 24.5 Å². The smallest absolute Gasteiger partial charge is 0.201 e. The van der Waals surface area contributed by atoms with Crippen molar-refractivity contribution in [2.45, 2.75) is 13.0 Å². The number of aromatic nitrogens is 3. The summed E-state index contributed by atoms with van der Waals surface area (Å²) in [6, 6.07) is 7.67. The number of nitrogens with zero attached hydrogens (tertiary/aromatic N) is 4. The molecule has 0 spiro atoms. The van der Waals surface area contributed by atoms with Crippen LogP contribution in [0.2, 0.25) is 0 Å². The summed E-state index contributed by atoms with van der Waals surface area (Å²) in [5, 5.41) is 12.1. The number of aryl methyl sites for hydroxylation is 2. The van der Waals surface area contributed by atoms with Gasteiger partial charge >= 0.3 is 0 Å². The maximum Gasteiger partial charge on any atom is 0.201 e. The predicted octanol–water partition coefficient (Wildman–Crippen LogP) is 2.19. The van der Waals surface area contributed by atoms with Gasteiger partial charge in [0.25, 0.3) is 0 Å². The van der Waals surface area contributed by atoms with E-state index in [0.717, 1.165) is 16.9 Å². The molecule has 0 unspecified atom stereocenters. The van der Waals surface area contributed by atoms with Crippen molar-refractivity contribution in [3.05, 3.63) is 40.3 Å². The second-order valence-corrected chi connectivity index (χ2v) is 5.06. The fraction of sp³-hybridized carbons (Fsp3) is 0.154. The molecule has 0 atom stereocenters. The van der Waals surface area contributed by atoms with Crippen LogP contribution in [0, 0.1) is 11.3 Å². The predicted molar refractivity (Wildman–Crippen MR) is 74.7 cm³/mol. The molecule has 5 nitrogen and oxygen atoms in total.